The second-order valence-corrected chi connectivity index (χ2v) is 3.60. The third kappa shape index (κ3) is 3.90. The van der Waals surface area contributed by atoms with Crippen LogP contribution < -0.4 is 10.1 Å². The maximum absolute atomic E-state index is 11.6. The van der Waals surface area contributed by atoms with Crippen LogP contribution in [0.5, 0.6) is 5.88 Å². The summed E-state index contributed by atoms with van der Waals surface area (Å²) in [5, 5.41) is 2.95. The van der Waals surface area contributed by atoms with Crippen molar-refractivity contribution < 1.29 is 9.53 Å². The van der Waals surface area contributed by atoms with E-state index in [2.05, 4.69) is 15.3 Å². The molecule has 1 rings (SSSR count). The summed E-state index contributed by atoms with van der Waals surface area (Å²) in [5.41, 5.74) is 0. The quantitative estimate of drug-likeness (QED) is 0.817. The number of nitrogens with one attached hydrogen (secondary N) is 1. The predicted octanol–water partition coefficient (Wildman–Crippen LogP) is 0.684. The summed E-state index contributed by atoms with van der Waals surface area (Å²) in [6.45, 7) is 4.60. The standard InChI is InChI=1S/C11H18N4O2/c1-5-15(3)11(16)7-12-9-6-10(17-4)14-8(2)13-9/h6H,5,7H2,1-4H3,(H,12,13,14). The Balaban J connectivity index is 2.63. The van der Waals surface area contributed by atoms with E-state index in [4.69, 9.17) is 4.74 Å². The van der Waals surface area contributed by atoms with E-state index >= 15 is 0 Å². The monoisotopic (exact) mass is 238 g/mol. The highest BCUT2D eigenvalue weighted by molar-refractivity contribution is 5.80. The summed E-state index contributed by atoms with van der Waals surface area (Å²) in [6, 6.07) is 1.66. The second-order valence-electron chi connectivity index (χ2n) is 3.60. The van der Waals surface area contributed by atoms with Gasteiger partial charge in [0.1, 0.15) is 11.6 Å². The van der Waals surface area contributed by atoms with Gasteiger partial charge in [0, 0.05) is 19.7 Å². The van der Waals surface area contributed by atoms with Crippen molar-refractivity contribution in [2.24, 2.45) is 0 Å². The van der Waals surface area contributed by atoms with Crippen LogP contribution in [-0.2, 0) is 4.79 Å². The van der Waals surface area contributed by atoms with Crippen LogP contribution in [0.25, 0.3) is 0 Å². The molecule has 1 amide bonds. The van der Waals surface area contributed by atoms with Crippen LogP contribution in [0.15, 0.2) is 6.07 Å². The molecule has 0 atom stereocenters. The molecule has 1 aromatic heterocycles. The lowest BCUT2D eigenvalue weighted by Gasteiger charge is -2.15. The van der Waals surface area contributed by atoms with Crippen LogP contribution in [0.2, 0.25) is 0 Å². The number of methoxy groups -OCH3 is 1. The average molecular weight is 238 g/mol. The molecule has 0 radical (unpaired) electrons. The summed E-state index contributed by atoms with van der Waals surface area (Å²) < 4.78 is 5.02. The lowest BCUT2D eigenvalue weighted by atomic mass is 10.4. The lowest BCUT2D eigenvalue weighted by Crippen LogP contribution is -2.32. The average Bonchev–Trinajstić information content (AvgIpc) is 2.34. The fourth-order valence-electron chi connectivity index (χ4n) is 1.21. The fraction of sp³-hybridized carbons (Fsp3) is 0.545. The van der Waals surface area contributed by atoms with Gasteiger partial charge in [-0.2, -0.15) is 4.98 Å². The number of amides is 1. The van der Waals surface area contributed by atoms with Crippen molar-refractivity contribution in [2.75, 3.05) is 32.6 Å². The van der Waals surface area contributed by atoms with E-state index in [0.29, 0.717) is 24.1 Å². The number of aromatic nitrogens is 2. The Morgan fingerprint density at radius 2 is 2.24 bits per heavy atom. The highest BCUT2D eigenvalue weighted by Gasteiger charge is 2.07. The van der Waals surface area contributed by atoms with Crippen molar-refractivity contribution in [3.05, 3.63) is 11.9 Å². The predicted molar refractivity (Wildman–Crippen MR) is 65.1 cm³/mol. The summed E-state index contributed by atoms with van der Waals surface area (Å²) in [7, 11) is 3.30. The van der Waals surface area contributed by atoms with Gasteiger partial charge in [0.05, 0.1) is 13.7 Å². The van der Waals surface area contributed by atoms with E-state index in [1.807, 2.05) is 6.92 Å². The molecule has 0 aliphatic heterocycles. The molecule has 0 saturated carbocycles. The Hall–Kier alpha value is -1.85. The van der Waals surface area contributed by atoms with Gasteiger partial charge in [-0.15, -0.1) is 0 Å². The van der Waals surface area contributed by atoms with Gasteiger partial charge in [-0.3, -0.25) is 4.79 Å². The topological polar surface area (TPSA) is 67.4 Å². The number of nitrogens with zero attached hydrogens (tertiary/aromatic N) is 3. The number of carbonyl (C=O) groups excluding carboxylic acids is 1. The zero-order valence-electron chi connectivity index (χ0n) is 10.6. The van der Waals surface area contributed by atoms with Gasteiger partial charge in [-0.1, -0.05) is 0 Å². The van der Waals surface area contributed by atoms with Crippen LogP contribution in [-0.4, -0.2) is 48.0 Å². The highest BCUT2D eigenvalue weighted by atomic mass is 16.5. The third-order valence-corrected chi connectivity index (χ3v) is 2.34. The molecule has 94 valence electrons. The Kier molecular flexibility index (Phi) is 4.68. The highest BCUT2D eigenvalue weighted by Crippen LogP contribution is 2.12. The third-order valence-electron chi connectivity index (χ3n) is 2.34. The summed E-state index contributed by atoms with van der Waals surface area (Å²) >= 11 is 0. The first-order valence-corrected chi connectivity index (χ1v) is 5.44. The van der Waals surface area contributed by atoms with Crippen LogP contribution in [0.3, 0.4) is 0 Å². The molecular weight excluding hydrogens is 220 g/mol. The molecule has 1 aromatic rings. The van der Waals surface area contributed by atoms with Gasteiger partial charge in [0.2, 0.25) is 11.8 Å². The van der Waals surface area contributed by atoms with E-state index in [-0.39, 0.29) is 12.5 Å². The van der Waals surface area contributed by atoms with Gasteiger partial charge in [0.15, 0.2) is 0 Å². The SMILES string of the molecule is CCN(C)C(=O)CNc1cc(OC)nc(C)n1. The van der Waals surface area contributed by atoms with E-state index < -0.39 is 0 Å². The zero-order chi connectivity index (χ0) is 12.8. The van der Waals surface area contributed by atoms with Crippen LogP contribution in [0.1, 0.15) is 12.7 Å². The maximum atomic E-state index is 11.6. The van der Waals surface area contributed by atoms with E-state index in [1.54, 1.807) is 32.0 Å². The number of rotatable bonds is 5. The smallest absolute Gasteiger partial charge is 0.241 e. The molecule has 0 fully saturated rings. The number of hydrogen-bond donors (Lipinski definition) is 1. The Morgan fingerprint density at radius 1 is 1.53 bits per heavy atom. The van der Waals surface area contributed by atoms with Gasteiger partial charge in [0.25, 0.3) is 0 Å². The zero-order valence-corrected chi connectivity index (χ0v) is 10.6. The number of anilines is 1. The normalized spacial score (nSPS) is 9.88. The Bertz CT molecular complexity index is 395. The molecule has 0 aromatic carbocycles. The fourth-order valence-corrected chi connectivity index (χ4v) is 1.21. The number of aryl methyl sites for hydroxylation is 1. The molecule has 1 N–H and O–H groups in total. The van der Waals surface area contributed by atoms with Gasteiger partial charge in [-0.05, 0) is 13.8 Å². The van der Waals surface area contributed by atoms with Crippen molar-refractivity contribution in [1.82, 2.24) is 14.9 Å². The molecule has 6 heteroatoms. The van der Waals surface area contributed by atoms with Crippen molar-refractivity contribution in [1.29, 1.82) is 0 Å². The first-order valence-electron chi connectivity index (χ1n) is 5.44. The Morgan fingerprint density at radius 3 is 2.82 bits per heavy atom. The molecule has 0 bridgehead atoms. The molecule has 1 heterocycles. The van der Waals surface area contributed by atoms with Crippen molar-refractivity contribution in [3.8, 4) is 5.88 Å². The molecule has 17 heavy (non-hydrogen) atoms. The van der Waals surface area contributed by atoms with Crippen molar-refractivity contribution in [2.45, 2.75) is 13.8 Å². The summed E-state index contributed by atoms with van der Waals surface area (Å²) in [6.07, 6.45) is 0. The van der Waals surface area contributed by atoms with Crippen molar-refractivity contribution >= 4 is 11.7 Å². The van der Waals surface area contributed by atoms with E-state index in [1.165, 1.54) is 0 Å². The Labute approximate surface area is 101 Å². The van der Waals surface area contributed by atoms with Crippen LogP contribution >= 0.6 is 0 Å². The minimum Gasteiger partial charge on any atom is -0.481 e. The number of likely N-dealkylation sites (N-methyl/N-ethyl adjacent to an activating group) is 1. The molecule has 0 aliphatic rings. The van der Waals surface area contributed by atoms with Crippen LogP contribution in [0, 0.1) is 6.92 Å². The number of hydrogen-bond acceptors (Lipinski definition) is 5. The first-order chi connectivity index (χ1) is 8.06. The molecule has 6 nitrogen and oxygen atoms in total. The summed E-state index contributed by atoms with van der Waals surface area (Å²) in [4.78, 5) is 21.4. The van der Waals surface area contributed by atoms with Gasteiger partial charge < -0.3 is 15.0 Å². The van der Waals surface area contributed by atoms with E-state index in [0.717, 1.165) is 0 Å². The molecule has 0 saturated heterocycles. The maximum Gasteiger partial charge on any atom is 0.241 e. The second kappa shape index (κ2) is 6.03. The minimum atomic E-state index is 0.0164. The van der Waals surface area contributed by atoms with E-state index in [9.17, 15) is 4.79 Å². The minimum absolute atomic E-state index is 0.0164. The largest absolute Gasteiger partial charge is 0.481 e. The molecule has 0 unspecified atom stereocenters. The number of carbonyl (C=O) groups is 1. The molecule has 0 aliphatic carbocycles. The lowest BCUT2D eigenvalue weighted by molar-refractivity contribution is -0.127. The van der Waals surface area contributed by atoms with Crippen LogP contribution in [0.4, 0.5) is 5.82 Å². The molecular formula is C11H18N4O2. The summed E-state index contributed by atoms with van der Waals surface area (Å²) in [5.74, 6) is 1.69. The first kappa shape index (κ1) is 13.2. The number of ether oxygens (including phenoxy) is 1. The van der Waals surface area contributed by atoms with Crippen molar-refractivity contribution in [3.63, 3.8) is 0 Å². The van der Waals surface area contributed by atoms with Gasteiger partial charge in [-0.25, -0.2) is 4.98 Å². The molecule has 0 spiro atoms. The van der Waals surface area contributed by atoms with Gasteiger partial charge >= 0.3 is 0 Å².